The first-order chi connectivity index (χ1) is 11.2. The Labute approximate surface area is 164 Å². The maximum Gasteiger partial charge on any atom is 0.241 e. The lowest BCUT2D eigenvalue weighted by Gasteiger charge is -2.22. The molecule has 1 aliphatic rings. The summed E-state index contributed by atoms with van der Waals surface area (Å²) in [5, 5.41) is 6.75. The predicted octanol–water partition coefficient (Wildman–Crippen LogP) is 4.45. The Kier molecular flexibility index (Phi) is 9.00. The van der Waals surface area contributed by atoms with E-state index in [1.165, 1.54) is 0 Å². The van der Waals surface area contributed by atoms with E-state index in [2.05, 4.69) is 15.6 Å². The molecule has 1 fully saturated rings. The quantitative estimate of drug-likeness (QED) is 0.790. The molecule has 1 atom stereocenters. The molecule has 136 valence electrons. The monoisotopic (exact) mass is 403 g/mol. The molecule has 1 aromatic heterocycles. The van der Waals surface area contributed by atoms with E-state index in [-0.39, 0.29) is 36.8 Å². The van der Waals surface area contributed by atoms with Crippen molar-refractivity contribution in [1.29, 1.82) is 0 Å². The summed E-state index contributed by atoms with van der Waals surface area (Å²) in [5.74, 6) is 1.10. The van der Waals surface area contributed by atoms with Crippen molar-refractivity contribution in [2.75, 3.05) is 11.9 Å². The van der Waals surface area contributed by atoms with E-state index in [0.717, 1.165) is 25.8 Å². The Hall–Kier alpha value is -1.53. The van der Waals surface area contributed by atoms with Crippen LogP contribution in [-0.4, -0.2) is 23.5 Å². The number of amides is 1. The molecule has 0 radical (unpaired) electrons. The van der Waals surface area contributed by atoms with Crippen LogP contribution in [0.1, 0.15) is 19.3 Å². The van der Waals surface area contributed by atoms with Crippen molar-refractivity contribution in [2.45, 2.75) is 25.3 Å². The Morgan fingerprint density at radius 3 is 2.52 bits per heavy atom. The number of anilines is 1. The van der Waals surface area contributed by atoms with Crippen LogP contribution < -0.4 is 15.4 Å². The number of benzene rings is 1. The SMILES string of the molecule is Cl.Cl.O=C(Nc1ccc(Oc2ccc(Cl)cc2)nc1)[C@H]1CCCCN1. The summed E-state index contributed by atoms with van der Waals surface area (Å²) in [6, 6.07) is 10.4. The smallest absolute Gasteiger partial charge is 0.241 e. The molecule has 1 aliphatic heterocycles. The summed E-state index contributed by atoms with van der Waals surface area (Å²) in [4.78, 5) is 16.3. The van der Waals surface area contributed by atoms with Gasteiger partial charge in [-0.2, -0.15) is 0 Å². The minimum absolute atomic E-state index is 0. The summed E-state index contributed by atoms with van der Waals surface area (Å²) in [6.45, 7) is 0.893. The van der Waals surface area contributed by atoms with Crippen molar-refractivity contribution in [3.63, 3.8) is 0 Å². The standard InChI is InChI=1S/C17H18ClN3O2.2ClH/c18-12-4-7-14(8-5-12)23-16-9-6-13(11-20-16)21-17(22)15-3-1-2-10-19-15;;/h4-9,11,15,19H,1-3,10H2,(H,21,22);2*1H/t15-;;/m1../s1. The number of halogens is 3. The number of carbonyl (C=O) groups is 1. The van der Waals surface area contributed by atoms with Crippen molar-refractivity contribution >= 4 is 48.0 Å². The molecule has 2 heterocycles. The van der Waals surface area contributed by atoms with Gasteiger partial charge in [0.05, 0.1) is 17.9 Å². The van der Waals surface area contributed by atoms with Crippen LogP contribution in [0.3, 0.4) is 0 Å². The first kappa shape index (κ1) is 21.5. The number of nitrogens with one attached hydrogen (secondary N) is 2. The van der Waals surface area contributed by atoms with E-state index in [1.54, 1.807) is 42.6 Å². The van der Waals surface area contributed by atoms with Crippen LogP contribution in [0, 0.1) is 0 Å². The number of hydrogen-bond donors (Lipinski definition) is 2. The van der Waals surface area contributed by atoms with Crippen LogP contribution in [0.2, 0.25) is 5.02 Å². The maximum absolute atomic E-state index is 12.1. The van der Waals surface area contributed by atoms with E-state index in [4.69, 9.17) is 16.3 Å². The lowest BCUT2D eigenvalue weighted by molar-refractivity contribution is -0.118. The first-order valence-corrected chi connectivity index (χ1v) is 8.02. The van der Waals surface area contributed by atoms with Gasteiger partial charge in [-0.3, -0.25) is 4.79 Å². The maximum atomic E-state index is 12.1. The topological polar surface area (TPSA) is 63.2 Å². The zero-order valence-electron chi connectivity index (χ0n) is 13.4. The highest BCUT2D eigenvalue weighted by atomic mass is 35.5. The molecule has 8 heteroatoms. The van der Waals surface area contributed by atoms with Crippen molar-refractivity contribution in [3.05, 3.63) is 47.6 Å². The molecule has 1 amide bonds. The van der Waals surface area contributed by atoms with E-state index in [1.807, 2.05) is 0 Å². The Morgan fingerprint density at radius 1 is 1.16 bits per heavy atom. The highest BCUT2D eigenvalue weighted by Crippen LogP contribution is 2.22. The number of nitrogens with zero attached hydrogens (tertiary/aromatic N) is 1. The fourth-order valence-corrected chi connectivity index (χ4v) is 2.57. The third-order valence-electron chi connectivity index (χ3n) is 3.67. The van der Waals surface area contributed by atoms with E-state index in [9.17, 15) is 4.79 Å². The molecule has 5 nitrogen and oxygen atoms in total. The summed E-state index contributed by atoms with van der Waals surface area (Å²) in [6.07, 6.45) is 4.67. The van der Waals surface area contributed by atoms with Crippen LogP contribution in [0.25, 0.3) is 0 Å². The Bertz CT molecular complexity index is 660. The molecule has 0 aliphatic carbocycles. The number of pyridine rings is 1. The molecule has 1 saturated heterocycles. The molecule has 2 N–H and O–H groups in total. The normalized spacial score (nSPS) is 16.1. The third-order valence-corrected chi connectivity index (χ3v) is 3.92. The van der Waals surface area contributed by atoms with Crippen LogP contribution in [0.5, 0.6) is 11.6 Å². The van der Waals surface area contributed by atoms with Crippen LogP contribution in [0.15, 0.2) is 42.6 Å². The lowest BCUT2D eigenvalue weighted by atomic mass is 10.0. The van der Waals surface area contributed by atoms with Crippen LogP contribution in [-0.2, 0) is 4.79 Å². The Morgan fingerprint density at radius 2 is 1.92 bits per heavy atom. The summed E-state index contributed by atoms with van der Waals surface area (Å²) >= 11 is 5.83. The first-order valence-electron chi connectivity index (χ1n) is 7.64. The highest BCUT2D eigenvalue weighted by molar-refractivity contribution is 6.30. The lowest BCUT2D eigenvalue weighted by Crippen LogP contribution is -2.43. The van der Waals surface area contributed by atoms with Gasteiger partial charge in [0.15, 0.2) is 0 Å². The van der Waals surface area contributed by atoms with E-state index < -0.39 is 0 Å². The van der Waals surface area contributed by atoms with Crippen molar-refractivity contribution in [3.8, 4) is 11.6 Å². The van der Waals surface area contributed by atoms with Gasteiger partial charge < -0.3 is 15.4 Å². The van der Waals surface area contributed by atoms with E-state index in [0.29, 0.717) is 22.3 Å². The van der Waals surface area contributed by atoms with Gasteiger partial charge in [0, 0.05) is 11.1 Å². The fraction of sp³-hybridized carbons (Fsp3) is 0.294. The van der Waals surface area contributed by atoms with Crippen molar-refractivity contribution in [2.24, 2.45) is 0 Å². The molecule has 2 aromatic rings. The predicted molar refractivity (Wildman–Crippen MR) is 105 cm³/mol. The van der Waals surface area contributed by atoms with E-state index >= 15 is 0 Å². The molecule has 1 aromatic carbocycles. The summed E-state index contributed by atoms with van der Waals surface area (Å²) < 4.78 is 5.61. The highest BCUT2D eigenvalue weighted by Gasteiger charge is 2.20. The molecular formula is C17H20Cl3N3O2. The summed E-state index contributed by atoms with van der Waals surface area (Å²) in [7, 11) is 0. The minimum Gasteiger partial charge on any atom is -0.439 e. The van der Waals surface area contributed by atoms with Crippen molar-refractivity contribution < 1.29 is 9.53 Å². The fourth-order valence-electron chi connectivity index (χ4n) is 2.44. The largest absolute Gasteiger partial charge is 0.439 e. The second-order valence-electron chi connectivity index (χ2n) is 5.43. The minimum atomic E-state index is -0.117. The molecule has 0 bridgehead atoms. The number of rotatable bonds is 4. The van der Waals surface area contributed by atoms with Gasteiger partial charge in [-0.15, -0.1) is 24.8 Å². The average Bonchev–Trinajstić information content (AvgIpc) is 2.59. The number of piperidine rings is 1. The second kappa shape index (κ2) is 10.5. The molecule has 25 heavy (non-hydrogen) atoms. The molecule has 0 saturated carbocycles. The van der Waals surface area contributed by atoms with Crippen LogP contribution >= 0.6 is 36.4 Å². The van der Waals surface area contributed by atoms with Gasteiger partial charge in [-0.05, 0) is 49.7 Å². The molecule has 0 unspecified atom stereocenters. The zero-order chi connectivity index (χ0) is 16.1. The Balaban J connectivity index is 0.00000156. The summed E-state index contributed by atoms with van der Waals surface area (Å²) in [5.41, 5.74) is 0.658. The number of hydrogen-bond acceptors (Lipinski definition) is 4. The van der Waals surface area contributed by atoms with Crippen molar-refractivity contribution in [1.82, 2.24) is 10.3 Å². The zero-order valence-corrected chi connectivity index (χ0v) is 15.8. The van der Waals surface area contributed by atoms with Gasteiger partial charge in [0.2, 0.25) is 11.8 Å². The number of aromatic nitrogens is 1. The van der Waals surface area contributed by atoms with Gasteiger partial charge in [0.25, 0.3) is 0 Å². The van der Waals surface area contributed by atoms with Crippen LogP contribution in [0.4, 0.5) is 5.69 Å². The number of carbonyl (C=O) groups excluding carboxylic acids is 1. The van der Waals surface area contributed by atoms with Gasteiger partial charge in [0.1, 0.15) is 5.75 Å². The average molecular weight is 405 g/mol. The molecular weight excluding hydrogens is 385 g/mol. The third kappa shape index (κ3) is 6.36. The second-order valence-corrected chi connectivity index (χ2v) is 5.87. The van der Waals surface area contributed by atoms with Gasteiger partial charge >= 0.3 is 0 Å². The molecule has 3 rings (SSSR count). The van der Waals surface area contributed by atoms with Gasteiger partial charge in [-0.25, -0.2) is 4.98 Å². The van der Waals surface area contributed by atoms with Gasteiger partial charge in [-0.1, -0.05) is 18.0 Å². The molecule has 0 spiro atoms. The number of ether oxygens (including phenoxy) is 1.